The zero-order chi connectivity index (χ0) is 18.4. The lowest BCUT2D eigenvalue weighted by Gasteiger charge is -2.28. The van der Waals surface area contributed by atoms with Crippen LogP contribution in [-0.4, -0.2) is 49.6 Å². The molecule has 1 aromatic carbocycles. The average Bonchev–Trinajstić information content (AvgIpc) is 2.66. The van der Waals surface area contributed by atoms with Gasteiger partial charge < -0.3 is 20.3 Å². The molecule has 0 fully saturated rings. The molecule has 1 atom stereocenters. The topological polar surface area (TPSA) is 106 Å². The highest BCUT2D eigenvalue weighted by Crippen LogP contribution is 2.40. The van der Waals surface area contributed by atoms with Gasteiger partial charge in [0.2, 0.25) is 0 Å². The lowest BCUT2D eigenvalue weighted by molar-refractivity contribution is 0.0697. The van der Waals surface area contributed by atoms with Crippen LogP contribution in [0.15, 0.2) is 34.4 Å². The zero-order valence-electron chi connectivity index (χ0n) is 14.6. The van der Waals surface area contributed by atoms with Crippen molar-refractivity contribution >= 4 is 29.3 Å². The third-order valence-electron chi connectivity index (χ3n) is 4.34. The second-order valence-corrected chi connectivity index (χ2v) is 6.15. The number of rotatable bonds is 8. The van der Waals surface area contributed by atoms with Crippen molar-refractivity contribution in [2.75, 3.05) is 26.4 Å². The second-order valence-electron chi connectivity index (χ2n) is 6.15. The summed E-state index contributed by atoms with van der Waals surface area (Å²) < 4.78 is 11.4. The van der Waals surface area contributed by atoms with Crippen molar-refractivity contribution in [2.24, 2.45) is 21.6 Å². The van der Waals surface area contributed by atoms with E-state index < -0.39 is 5.97 Å². The molecule has 1 aromatic rings. The van der Waals surface area contributed by atoms with Crippen molar-refractivity contribution in [3.05, 3.63) is 35.5 Å². The van der Waals surface area contributed by atoms with Gasteiger partial charge in [-0.2, -0.15) is 0 Å². The number of nitrogens with zero attached hydrogens (tertiary/aromatic N) is 2. The molecule has 3 N–H and O–H groups in total. The van der Waals surface area contributed by atoms with Gasteiger partial charge in [-0.15, -0.1) is 0 Å². The van der Waals surface area contributed by atoms with E-state index in [0.717, 1.165) is 24.0 Å². The van der Waals surface area contributed by atoms with E-state index in [4.69, 9.17) is 15.2 Å². The van der Waals surface area contributed by atoms with Crippen molar-refractivity contribution in [3.63, 3.8) is 0 Å². The monoisotopic (exact) mass is 357 g/mol. The van der Waals surface area contributed by atoms with Gasteiger partial charge in [0.25, 0.3) is 0 Å². The molecule has 2 aliphatic rings. The normalized spacial score (nSPS) is 17.8. The maximum atomic E-state index is 11.2. The summed E-state index contributed by atoms with van der Waals surface area (Å²) in [5, 5.41) is 9.20. The van der Waals surface area contributed by atoms with Crippen LogP contribution in [0.1, 0.15) is 35.2 Å². The highest BCUT2D eigenvalue weighted by Gasteiger charge is 2.30. The molecule has 0 saturated heterocycles. The zero-order valence-corrected chi connectivity index (χ0v) is 14.6. The summed E-state index contributed by atoms with van der Waals surface area (Å²) in [5.41, 5.74) is 8.16. The number of aliphatic imine (C=N–C) groups is 2. The molecule has 2 aliphatic heterocycles. The van der Waals surface area contributed by atoms with Crippen LogP contribution in [0.2, 0.25) is 0 Å². The van der Waals surface area contributed by atoms with Crippen LogP contribution in [0.4, 0.5) is 5.69 Å². The van der Waals surface area contributed by atoms with E-state index in [-0.39, 0.29) is 11.5 Å². The Labute approximate surface area is 152 Å². The Bertz CT molecular complexity index is 755. The Kier molecular flexibility index (Phi) is 6.14. The molecule has 0 amide bonds. The molecule has 7 heteroatoms. The number of carboxylic acids is 1. The fourth-order valence-corrected chi connectivity index (χ4v) is 2.99. The summed E-state index contributed by atoms with van der Waals surface area (Å²) in [5.74, 6) is -0.384. The van der Waals surface area contributed by atoms with Crippen LogP contribution < -0.4 is 5.73 Å². The van der Waals surface area contributed by atoms with Gasteiger partial charge in [0.05, 0.1) is 23.8 Å². The quantitative estimate of drug-likeness (QED) is 0.696. The van der Waals surface area contributed by atoms with Gasteiger partial charge in [-0.3, -0.25) is 4.99 Å². The maximum absolute atomic E-state index is 11.2. The summed E-state index contributed by atoms with van der Waals surface area (Å²) in [6.45, 7) is 2.22. The van der Waals surface area contributed by atoms with E-state index in [0.29, 0.717) is 44.4 Å². The Morgan fingerprint density at radius 2 is 2.15 bits per heavy atom. The number of ether oxygens (including phenoxy) is 2. The summed E-state index contributed by atoms with van der Waals surface area (Å²) >= 11 is 0. The van der Waals surface area contributed by atoms with Crippen molar-refractivity contribution in [1.82, 2.24) is 0 Å². The molecule has 26 heavy (non-hydrogen) atoms. The van der Waals surface area contributed by atoms with Gasteiger partial charge in [0.1, 0.15) is 6.61 Å². The first kappa shape index (κ1) is 18.3. The maximum Gasteiger partial charge on any atom is 0.335 e. The Morgan fingerprint density at radius 3 is 2.96 bits per heavy atom. The predicted octanol–water partition coefficient (Wildman–Crippen LogP) is 2.63. The van der Waals surface area contributed by atoms with Crippen LogP contribution in [0.5, 0.6) is 0 Å². The number of nitrogens with two attached hydrogens (primary N) is 1. The molecule has 0 aromatic heterocycles. The molecule has 138 valence electrons. The Hall–Kier alpha value is -2.51. The van der Waals surface area contributed by atoms with Gasteiger partial charge in [-0.05, 0) is 43.5 Å². The summed E-state index contributed by atoms with van der Waals surface area (Å²) in [4.78, 5) is 20.0. The lowest BCUT2D eigenvalue weighted by Crippen LogP contribution is -2.25. The van der Waals surface area contributed by atoms with Gasteiger partial charge in [-0.1, -0.05) is 6.07 Å². The molecule has 0 spiro atoms. The molecule has 7 nitrogen and oxygen atoms in total. The SMILES string of the molecule is NCCCCOCCOC1=Nc2cc(C(=O)O)ccc2C2=CN=CCC21. The molecule has 0 bridgehead atoms. The van der Waals surface area contributed by atoms with E-state index in [2.05, 4.69) is 9.98 Å². The van der Waals surface area contributed by atoms with Crippen molar-refractivity contribution in [3.8, 4) is 0 Å². The molecule has 0 saturated carbocycles. The minimum absolute atomic E-state index is 0.00733. The van der Waals surface area contributed by atoms with Crippen LogP contribution in [-0.2, 0) is 9.47 Å². The van der Waals surface area contributed by atoms with Gasteiger partial charge in [0, 0.05) is 24.6 Å². The third-order valence-corrected chi connectivity index (χ3v) is 4.34. The molecule has 1 unspecified atom stereocenters. The first-order chi connectivity index (χ1) is 12.7. The van der Waals surface area contributed by atoms with Gasteiger partial charge >= 0.3 is 5.97 Å². The average molecular weight is 357 g/mol. The van der Waals surface area contributed by atoms with E-state index in [1.54, 1.807) is 24.4 Å². The van der Waals surface area contributed by atoms with Crippen molar-refractivity contribution in [2.45, 2.75) is 19.3 Å². The Balaban J connectivity index is 1.70. The number of carboxylic acid groups (broad SMARTS) is 1. The van der Waals surface area contributed by atoms with Crippen molar-refractivity contribution in [1.29, 1.82) is 0 Å². The second kappa shape index (κ2) is 8.73. The highest BCUT2D eigenvalue weighted by molar-refractivity contribution is 6.03. The summed E-state index contributed by atoms with van der Waals surface area (Å²) in [7, 11) is 0. The molecular formula is C19H23N3O4. The molecule has 0 radical (unpaired) electrons. The Morgan fingerprint density at radius 1 is 1.27 bits per heavy atom. The van der Waals surface area contributed by atoms with Gasteiger partial charge in [0.15, 0.2) is 5.90 Å². The number of carbonyl (C=O) groups is 1. The molecular weight excluding hydrogens is 334 g/mol. The van der Waals surface area contributed by atoms with E-state index in [1.165, 1.54) is 0 Å². The van der Waals surface area contributed by atoms with Crippen LogP contribution in [0.3, 0.4) is 0 Å². The number of benzene rings is 1. The van der Waals surface area contributed by atoms with Crippen molar-refractivity contribution < 1.29 is 19.4 Å². The lowest BCUT2D eigenvalue weighted by atomic mass is 9.86. The van der Waals surface area contributed by atoms with Crippen LogP contribution in [0.25, 0.3) is 5.57 Å². The number of unbranched alkanes of at least 4 members (excludes halogenated alkanes) is 1. The number of fused-ring (bicyclic) bond motifs is 3. The molecule has 0 aliphatic carbocycles. The highest BCUT2D eigenvalue weighted by atomic mass is 16.5. The summed E-state index contributed by atoms with van der Waals surface area (Å²) in [6.07, 6.45) is 6.24. The van der Waals surface area contributed by atoms with Gasteiger partial charge in [-0.25, -0.2) is 9.79 Å². The number of aromatic carboxylic acids is 1. The fourth-order valence-electron chi connectivity index (χ4n) is 2.99. The smallest absolute Gasteiger partial charge is 0.335 e. The van der Waals surface area contributed by atoms with E-state index in [9.17, 15) is 9.90 Å². The summed E-state index contributed by atoms with van der Waals surface area (Å²) in [6, 6.07) is 4.95. The van der Waals surface area contributed by atoms with E-state index >= 15 is 0 Å². The standard InChI is InChI=1S/C19H23N3O4/c20-6-1-2-8-25-9-10-26-18-15-5-7-21-12-16(15)14-4-3-13(19(23)24)11-17(14)22-18/h3-4,7,11-12,15H,1-2,5-6,8-10,20H2,(H,23,24). The first-order valence-corrected chi connectivity index (χ1v) is 8.79. The number of hydrogen-bond donors (Lipinski definition) is 2. The molecule has 3 rings (SSSR count). The first-order valence-electron chi connectivity index (χ1n) is 8.79. The molecule has 2 heterocycles. The minimum Gasteiger partial charge on any atom is -0.478 e. The van der Waals surface area contributed by atoms with Crippen LogP contribution in [0, 0.1) is 5.92 Å². The van der Waals surface area contributed by atoms with E-state index in [1.807, 2.05) is 6.21 Å². The minimum atomic E-state index is -0.978. The fraction of sp³-hybridized carbons (Fsp3) is 0.421. The largest absolute Gasteiger partial charge is 0.478 e. The number of hydrogen-bond acceptors (Lipinski definition) is 6. The predicted molar refractivity (Wildman–Crippen MR) is 100 cm³/mol. The third kappa shape index (κ3) is 4.17. The van der Waals surface area contributed by atoms with Crippen LogP contribution >= 0.6 is 0 Å².